The van der Waals surface area contributed by atoms with Gasteiger partial charge in [-0.15, -0.1) is 0 Å². The first-order chi connectivity index (χ1) is 7.90. The Hall–Kier alpha value is -1.31. The molecule has 1 unspecified atom stereocenters. The van der Waals surface area contributed by atoms with Crippen molar-refractivity contribution in [3.8, 4) is 0 Å². The highest BCUT2D eigenvalue weighted by molar-refractivity contribution is 5.86. The van der Waals surface area contributed by atoms with Gasteiger partial charge in [-0.1, -0.05) is 41.9 Å². The van der Waals surface area contributed by atoms with Gasteiger partial charge in [-0.25, -0.2) is 0 Å². The molecule has 1 aliphatic rings. The molecule has 0 spiro atoms. The Kier molecular flexibility index (Phi) is 3.97. The predicted molar refractivity (Wildman–Crippen MR) is 65.9 cm³/mol. The van der Waals surface area contributed by atoms with Crippen molar-refractivity contribution in [2.75, 3.05) is 0 Å². The fourth-order valence-corrected chi connectivity index (χ4v) is 2.50. The van der Waals surface area contributed by atoms with Crippen LogP contribution in [0.25, 0.3) is 0 Å². The highest BCUT2D eigenvalue weighted by Gasteiger charge is 2.20. The maximum atomic E-state index is 8.95. The van der Waals surface area contributed by atoms with Gasteiger partial charge < -0.3 is 5.21 Å². The van der Waals surface area contributed by atoms with Gasteiger partial charge in [0.2, 0.25) is 0 Å². The molecule has 0 amide bonds. The minimum absolute atomic E-state index is 0.499. The second-order valence-corrected chi connectivity index (χ2v) is 4.56. The summed E-state index contributed by atoms with van der Waals surface area (Å²) >= 11 is 0. The molecule has 1 atom stereocenters. The van der Waals surface area contributed by atoms with Gasteiger partial charge in [-0.3, -0.25) is 0 Å². The Morgan fingerprint density at radius 2 is 2.00 bits per heavy atom. The summed E-state index contributed by atoms with van der Waals surface area (Å²) in [7, 11) is 0. The lowest BCUT2D eigenvalue weighted by Crippen LogP contribution is -2.20. The predicted octanol–water partition coefficient (Wildman–Crippen LogP) is 3.64. The first kappa shape index (κ1) is 11.2. The van der Waals surface area contributed by atoms with E-state index in [0.29, 0.717) is 5.92 Å². The molecule has 0 saturated heterocycles. The largest absolute Gasteiger partial charge is 0.411 e. The molecule has 1 aliphatic carbocycles. The van der Waals surface area contributed by atoms with Crippen LogP contribution in [-0.2, 0) is 6.42 Å². The van der Waals surface area contributed by atoms with Gasteiger partial charge in [0, 0.05) is 5.92 Å². The zero-order chi connectivity index (χ0) is 11.2. The van der Waals surface area contributed by atoms with Crippen molar-refractivity contribution in [1.82, 2.24) is 0 Å². The average Bonchev–Trinajstić information content (AvgIpc) is 2.38. The third-order valence-electron chi connectivity index (χ3n) is 3.46. The standard InChI is InChI=1S/C14H19NO/c16-15-14-9-5-4-8-13(14)11-10-12-6-2-1-3-7-12/h1-3,6-7,13,16H,4-5,8-11H2. The number of hydrogen-bond acceptors (Lipinski definition) is 2. The van der Waals surface area contributed by atoms with Crippen molar-refractivity contribution in [2.45, 2.75) is 38.5 Å². The maximum Gasteiger partial charge on any atom is 0.0601 e. The Morgan fingerprint density at radius 3 is 2.75 bits per heavy atom. The second kappa shape index (κ2) is 5.69. The van der Waals surface area contributed by atoms with Crippen molar-refractivity contribution in [3.05, 3.63) is 35.9 Å². The monoisotopic (exact) mass is 217 g/mol. The van der Waals surface area contributed by atoms with E-state index in [0.717, 1.165) is 25.0 Å². The van der Waals surface area contributed by atoms with Gasteiger partial charge in [-0.05, 0) is 37.7 Å². The zero-order valence-corrected chi connectivity index (χ0v) is 9.60. The van der Waals surface area contributed by atoms with Gasteiger partial charge >= 0.3 is 0 Å². The van der Waals surface area contributed by atoms with E-state index in [4.69, 9.17) is 5.21 Å². The summed E-state index contributed by atoms with van der Waals surface area (Å²) in [5.41, 5.74) is 2.40. The van der Waals surface area contributed by atoms with Crippen LogP contribution < -0.4 is 0 Å². The molecule has 0 aliphatic heterocycles. The summed E-state index contributed by atoms with van der Waals surface area (Å²) in [4.78, 5) is 0. The van der Waals surface area contributed by atoms with Crippen LogP contribution in [0.4, 0.5) is 0 Å². The molecular weight excluding hydrogens is 198 g/mol. The molecule has 16 heavy (non-hydrogen) atoms. The highest BCUT2D eigenvalue weighted by atomic mass is 16.4. The van der Waals surface area contributed by atoms with E-state index in [-0.39, 0.29) is 0 Å². The summed E-state index contributed by atoms with van der Waals surface area (Å²) in [6.45, 7) is 0. The molecule has 0 radical (unpaired) electrons. The molecule has 86 valence electrons. The summed E-state index contributed by atoms with van der Waals surface area (Å²) in [5, 5.41) is 12.4. The van der Waals surface area contributed by atoms with Crippen molar-refractivity contribution in [3.63, 3.8) is 0 Å². The van der Waals surface area contributed by atoms with Crippen molar-refractivity contribution >= 4 is 5.71 Å². The minimum atomic E-state index is 0.499. The van der Waals surface area contributed by atoms with E-state index in [9.17, 15) is 0 Å². The van der Waals surface area contributed by atoms with Gasteiger partial charge in [-0.2, -0.15) is 0 Å². The quantitative estimate of drug-likeness (QED) is 0.608. The molecule has 1 saturated carbocycles. The molecule has 0 aromatic heterocycles. The average molecular weight is 217 g/mol. The van der Waals surface area contributed by atoms with E-state index < -0.39 is 0 Å². The number of rotatable bonds is 3. The molecule has 2 heteroatoms. The minimum Gasteiger partial charge on any atom is -0.411 e. The Balaban J connectivity index is 1.89. The topological polar surface area (TPSA) is 32.6 Å². The third-order valence-corrected chi connectivity index (χ3v) is 3.46. The maximum absolute atomic E-state index is 8.95. The van der Waals surface area contributed by atoms with Gasteiger partial charge in [0.15, 0.2) is 0 Å². The molecular formula is C14H19NO. The lowest BCUT2D eigenvalue weighted by Gasteiger charge is -2.22. The Labute approximate surface area is 97.0 Å². The lowest BCUT2D eigenvalue weighted by atomic mass is 9.83. The number of benzene rings is 1. The van der Waals surface area contributed by atoms with E-state index >= 15 is 0 Å². The van der Waals surface area contributed by atoms with E-state index in [1.54, 1.807) is 0 Å². The molecule has 0 heterocycles. The second-order valence-electron chi connectivity index (χ2n) is 4.56. The fourth-order valence-electron chi connectivity index (χ4n) is 2.50. The number of oxime groups is 1. The van der Waals surface area contributed by atoms with Crippen LogP contribution in [0.15, 0.2) is 35.5 Å². The van der Waals surface area contributed by atoms with Crippen LogP contribution in [0.2, 0.25) is 0 Å². The zero-order valence-electron chi connectivity index (χ0n) is 9.60. The Bertz CT molecular complexity index is 345. The van der Waals surface area contributed by atoms with Crippen LogP contribution in [-0.4, -0.2) is 10.9 Å². The van der Waals surface area contributed by atoms with Crippen LogP contribution >= 0.6 is 0 Å². The van der Waals surface area contributed by atoms with E-state index in [1.165, 1.54) is 24.8 Å². The molecule has 1 aromatic carbocycles. The number of hydrogen-bond donors (Lipinski definition) is 1. The third kappa shape index (κ3) is 2.84. The van der Waals surface area contributed by atoms with Crippen LogP contribution in [0.5, 0.6) is 0 Å². The summed E-state index contributed by atoms with van der Waals surface area (Å²) in [6.07, 6.45) is 6.83. The van der Waals surface area contributed by atoms with Crippen LogP contribution in [0, 0.1) is 5.92 Å². The summed E-state index contributed by atoms with van der Waals surface area (Å²) in [6, 6.07) is 10.5. The molecule has 2 nitrogen and oxygen atoms in total. The van der Waals surface area contributed by atoms with Crippen molar-refractivity contribution < 1.29 is 5.21 Å². The highest BCUT2D eigenvalue weighted by Crippen LogP contribution is 2.25. The molecule has 1 aromatic rings. The summed E-state index contributed by atoms with van der Waals surface area (Å²) in [5.74, 6) is 0.499. The fraction of sp³-hybridized carbons (Fsp3) is 0.500. The van der Waals surface area contributed by atoms with E-state index in [2.05, 4.69) is 29.4 Å². The smallest absolute Gasteiger partial charge is 0.0601 e. The van der Waals surface area contributed by atoms with Gasteiger partial charge in [0.05, 0.1) is 5.71 Å². The SMILES string of the molecule is ON=C1CCCCC1CCc1ccccc1. The van der Waals surface area contributed by atoms with Crippen LogP contribution in [0.3, 0.4) is 0 Å². The number of nitrogens with zero attached hydrogens (tertiary/aromatic N) is 1. The van der Waals surface area contributed by atoms with Crippen molar-refractivity contribution in [2.24, 2.45) is 11.1 Å². The van der Waals surface area contributed by atoms with Crippen molar-refractivity contribution in [1.29, 1.82) is 0 Å². The number of aryl methyl sites for hydroxylation is 1. The normalized spacial score (nSPS) is 23.5. The Morgan fingerprint density at radius 1 is 1.19 bits per heavy atom. The molecule has 1 fully saturated rings. The molecule has 2 rings (SSSR count). The lowest BCUT2D eigenvalue weighted by molar-refractivity contribution is 0.307. The van der Waals surface area contributed by atoms with E-state index in [1.807, 2.05) is 6.07 Å². The summed E-state index contributed by atoms with van der Waals surface area (Å²) < 4.78 is 0. The van der Waals surface area contributed by atoms with Gasteiger partial charge in [0.1, 0.15) is 0 Å². The first-order valence-corrected chi connectivity index (χ1v) is 6.15. The molecule has 1 N–H and O–H groups in total. The van der Waals surface area contributed by atoms with Crippen LogP contribution in [0.1, 0.15) is 37.7 Å². The molecule has 0 bridgehead atoms. The first-order valence-electron chi connectivity index (χ1n) is 6.15. The van der Waals surface area contributed by atoms with Gasteiger partial charge in [0.25, 0.3) is 0 Å².